The van der Waals surface area contributed by atoms with Gasteiger partial charge in [-0.3, -0.25) is 4.79 Å². The van der Waals surface area contributed by atoms with Gasteiger partial charge in [0.15, 0.2) is 0 Å². The lowest BCUT2D eigenvalue weighted by Gasteiger charge is -1.89. The molecule has 0 radical (unpaired) electrons. The van der Waals surface area contributed by atoms with Crippen molar-refractivity contribution in [1.82, 2.24) is 0 Å². The normalized spacial score (nSPS) is 8.87. The van der Waals surface area contributed by atoms with E-state index < -0.39 is 0 Å². The van der Waals surface area contributed by atoms with E-state index in [0.29, 0.717) is 6.61 Å². The van der Waals surface area contributed by atoms with Crippen molar-refractivity contribution < 1.29 is 9.53 Å². The molecule has 0 bridgehead atoms. The zero-order valence-corrected chi connectivity index (χ0v) is 47.5. The molecule has 0 heterocycles. The molecule has 0 amide bonds. The fraction of sp³-hybridized carbons (Fsp3) is 0.983. The molecule has 60 heavy (non-hydrogen) atoms. The molecule has 0 aliphatic rings. The van der Waals surface area contributed by atoms with Crippen molar-refractivity contribution in [3.63, 3.8) is 0 Å². The van der Waals surface area contributed by atoms with Crippen LogP contribution < -0.4 is 0 Å². The average molecular weight is 864 g/mol. The quantitative estimate of drug-likeness (QED) is 0.0579. The monoisotopic (exact) mass is 863 g/mol. The Labute approximate surface area is 390 Å². The summed E-state index contributed by atoms with van der Waals surface area (Å²) in [5, 5.41) is 0. The second-order valence-electron chi connectivity index (χ2n) is 16.3. The van der Waals surface area contributed by atoms with Crippen LogP contribution in [0, 0.1) is 0 Å². The Bertz CT molecular complexity index is 339. The van der Waals surface area contributed by atoms with Gasteiger partial charge in [-0.25, -0.2) is 0 Å². The van der Waals surface area contributed by atoms with Crippen molar-refractivity contribution in [1.29, 1.82) is 0 Å². The van der Waals surface area contributed by atoms with Crippen LogP contribution in [0.1, 0.15) is 370 Å². The molecule has 0 unspecified atom stereocenters. The Kier molecular flexibility index (Phi) is 163. The first-order chi connectivity index (χ1) is 29.0. The Hall–Kier alpha value is -0.530. The van der Waals surface area contributed by atoms with Crippen LogP contribution >= 0.6 is 0 Å². The second kappa shape index (κ2) is 118. The summed E-state index contributed by atoms with van der Waals surface area (Å²) >= 11 is 0. The van der Waals surface area contributed by atoms with E-state index in [2.05, 4.69) is 129 Å². The standard InChI is InChI=1S/9C6H14.C4H8O2/c9*1-3-5-6-4-2;1-3-6-4(2)5/h9*3-6H2,1-2H3;3H2,1-2H3. The van der Waals surface area contributed by atoms with Crippen molar-refractivity contribution in [3.05, 3.63) is 0 Å². The van der Waals surface area contributed by atoms with E-state index in [0.717, 1.165) is 0 Å². The molecule has 0 saturated carbocycles. The third kappa shape index (κ3) is 211. The molecule has 2 nitrogen and oxygen atoms in total. The molecule has 0 aliphatic carbocycles. The fourth-order valence-corrected chi connectivity index (χ4v) is 4.70. The molecule has 0 aromatic heterocycles. The summed E-state index contributed by atoms with van der Waals surface area (Å²) in [6.45, 7) is 43.8. The van der Waals surface area contributed by atoms with Crippen LogP contribution in [0.4, 0.5) is 0 Å². The third-order valence-electron chi connectivity index (χ3n) is 8.96. The van der Waals surface area contributed by atoms with Gasteiger partial charge < -0.3 is 4.74 Å². The molecule has 378 valence electrons. The molecular weight excluding hydrogens is 729 g/mol. The highest BCUT2D eigenvalue weighted by Gasteiger charge is 1.82. The summed E-state index contributed by atoms with van der Waals surface area (Å²) in [6.07, 6.45) is 49.8. The van der Waals surface area contributed by atoms with Gasteiger partial charge in [0.2, 0.25) is 0 Å². The van der Waals surface area contributed by atoms with Crippen LogP contribution in [0.25, 0.3) is 0 Å². The van der Waals surface area contributed by atoms with E-state index in [1.54, 1.807) is 6.92 Å². The maximum atomic E-state index is 9.82. The lowest BCUT2D eigenvalue weighted by Crippen LogP contribution is -1.95. The minimum atomic E-state index is -0.211. The van der Waals surface area contributed by atoms with Crippen molar-refractivity contribution in [2.45, 2.75) is 370 Å². The highest BCUT2D eigenvalue weighted by Crippen LogP contribution is 1.99. The SMILES string of the molecule is CCCCCC.CCCCCC.CCCCCC.CCCCCC.CCCCCC.CCCCCC.CCCCCC.CCCCCC.CCCCCC.CCOC(C)=O. The molecule has 0 aliphatic heterocycles. The van der Waals surface area contributed by atoms with Crippen molar-refractivity contribution >= 4 is 5.97 Å². The smallest absolute Gasteiger partial charge is 0.302 e. The molecule has 0 atom stereocenters. The summed E-state index contributed by atoms with van der Waals surface area (Å²) in [4.78, 5) is 9.82. The molecule has 0 fully saturated rings. The maximum absolute atomic E-state index is 9.82. The number of carbonyl (C=O) groups excluding carboxylic acids is 1. The highest BCUT2D eigenvalue weighted by molar-refractivity contribution is 5.65. The van der Waals surface area contributed by atoms with Gasteiger partial charge in [0, 0.05) is 6.92 Å². The van der Waals surface area contributed by atoms with Crippen LogP contribution in [0.5, 0.6) is 0 Å². The van der Waals surface area contributed by atoms with Crippen molar-refractivity contribution in [3.8, 4) is 0 Å². The number of rotatable bonds is 28. The molecular formula is C58H134O2. The number of unbranched alkanes of at least 4 members (excludes halogenated alkanes) is 27. The van der Waals surface area contributed by atoms with Crippen LogP contribution in [0.2, 0.25) is 0 Å². The zero-order chi connectivity index (χ0) is 48.4. The largest absolute Gasteiger partial charge is 0.466 e. The molecule has 0 aromatic rings. The van der Waals surface area contributed by atoms with Gasteiger partial charge in [0.05, 0.1) is 6.61 Å². The van der Waals surface area contributed by atoms with E-state index in [1.807, 2.05) is 0 Å². The summed E-state index contributed by atoms with van der Waals surface area (Å²) in [7, 11) is 0. The molecule has 0 rings (SSSR count). The first kappa shape index (κ1) is 83.1. The molecule has 0 spiro atoms. The lowest BCUT2D eigenvalue weighted by atomic mass is 10.2. The van der Waals surface area contributed by atoms with Crippen LogP contribution in [-0.4, -0.2) is 12.6 Å². The number of hydrogen-bond donors (Lipinski definition) is 0. The Morgan fingerprint density at radius 3 is 0.317 bits per heavy atom. The Balaban J connectivity index is -0.0000000579. The molecule has 2 heteroatoms. The third-order valence-corrected chi connectivity index (χ3v) is 8.96. The van der Waals surface area contributed by atoms with Gasteiger partial charge in [-0.05, 0) is 6.92 Å². The van der Waals surface area contributed by atoms with Crippen molar-refractivity contribution in [2.24, 2.45) is 0 Å². The lowest BCUT2D eigenvalue weighted by molar-refractivity contribution is -0.140. The van der Waals surface area contributed by atoms with E-state index in [-0.39, 0.29) is 5.97 Å². The fourth-order valence-electron chi connectivity index (χ4n) is 4.70. The van der Waals surface area contributed by atoms with Crippen molar-refractivity contribution in [2.75, 3.05) is 6.61 Å². The summed E-state index contributed by atoms with van der Waals surface area (Å²) in [5.41, 5.74) is 0. The number of ether oxygens (including phenoxy) is 1. The van der Waals surface area contributed by atoms with E-state index in [1.165, 1.54) is 238 Å². The van der Waals surface area contributed by atoms with Crippen LogP contribution in [-0.2, 0) is 9.53 Å². The van der Waals surface area contributed by atoms with Gasteiger partial charge in [0.1, 0.15) is 0 Å². The summed E-state index contributed by atoms with van der Waals surface area (Å²) in [6, 6.07) is 0. The Morgan fingerprint density at radius 2 is 0.300 bits per heavy atom. The highest BCUT2D eigenvalue weighted by atomic mass is 16.5. The summed E-state index contributed by atoms with van der Waals surface area (Å²) in [5.74, 6) is -0.211. The Morgan fingerprint density at radius 1 is 0.217 bits per heavy atom. The van der Waals surface area contributed by atoms with E-state index in [4.69, 9.17) is 0 Å². The van der Waals surface area contributed by atoms with Gasteiger partial charge in [-0.15, -0.1) is 0 Å². The first-order valence-electron chi connectivity index (χ1n) is 28.1. The summed E-state index contributed by atoms with van der Waals surface area (Å²) < 4.78 is 4.40. The van der Waals surface area contributed by atoms with Gasteiger partial charge >= 0.3 is 5.97 Å². The van der Waals surface area contributed by atoms with Crippen LogP contribution in [0.15, 0.2) is 0 Å². The molecule has 0 N–H and O–H groups in total. The zero-order valence-electron chi connectivity index (χ0n) is 47.5. The second-order valence-corrected chi connectivity index (χ2v) is 16.3. The van der Waals surface area contributed by atoms with E-state index >= 15 is 0 Å². The molecule has 0 saturated heterocycles. The minimum Gasteiger partial charge on any atom is -0.466 e. The molecule has 0 aromatic carbocycles. The minimum absolute atomic E-state index is 0.211. The van der Waals surface area contributed by atoms with Gasteiger partial charge in [0.25, 0.3) is 0 Å². The average Bonchev–Trinajstić information content (AvgIpc) is 3.27. The van der Waals surface area contributed by atoms with Gasteiger partial charge in [-0.1, -0.05) is 356 Å². The van der Waals surface area contributed by atoms with E-state index in [9.17, 15) is 4.79 Å². The number of carbonyl (C=O) groups is 1. The maximum Gasteiger partial charge on any atom is 0.302 e. The topological polar surface area (TPSA) is 26.3 Å². The number of hydrogen-bond acceptors (Lipinski definition) is 2. The number of esters is 1. The predicted molar refractivity (Wildman–Crippen MR) is 291 cm³/mol. The first-order valence-corrected chi connectivity index (χ1v) is 28.1. The van der Waals surface area contributed by atoms with Gasteiger partial charge in [-0.2, -0.15) is 0 Å². The predicted octanol–water partition coefficient (Wildman–Crippen LogP) is 23.8. The van der Waals surface area contributed by atoms with Crippen LogP contribution in [0.3, 0.4) is 0 Å².